The van der Waals surface area contributed by atoms with Gasteiger partial charge in [-0.2, -0.15) is 5.10 Å². The number of carbonyl (C=O) groups excluding carboxylic acids is 1. The van der Waals surface area contributed by atoms with Crippen LogP contribution in [0.1, 0.15) is 37.9 Å². The Morgan fingerprint density at radius 3 is 2.54 bits per heavy atom. The van der Waals surface area contributed by atoms with Gasteiger partial charge in [0.2, 0.25) is 0 Å². The van der Waals surface area contributed by atoms with Crippen LogP contribution < -0.4 is 5.32 Å². The molecule has 26 heavy (non-hydrogen) atoms. The van der Waals surface area contributed by atoms with Crippen molar-refractivity contribution < 1.29 is 4.79 Å². The lowest BCUT2D eigenvalue weighted by molar-refractivity contribution is 0.220. The minimum atomic E-state index is -0.165. The van der Waals surface area contributed by atoms with Crippen molar-refractivity contribution in [2.24, 2.45) is 0 Å². The molecule has 0 atom stereocenters. The fourth-order valence-corrected chi connectivity index (χ4v) is 2.83. The van der Waals surface area contributed by atoms with Crippen molar-refractivity contribution in [1.29, 1.82) is 0 Å². The van der Waals surface area contributed by atoms with Crippen LogP contribution in [-0.4, -0.2) is 32.7 Å². The van der Waals surface area contributed by atoms with Crippen LogP contribution in [0.15, 0.2) is 42.7 Å². The van der Waals surface area contributed by atoms with Gasteiger partial charge in [0.15, 0.2) is 5.65 Å². The highest BCUT2D eigenvalue weighted by atomic mass is 16.2. The van der Waals surface area contributed by atoms with Crippen LogP contribution in [0.25, 0.3) is 11.0 Å². The quantitative estimate of drug-likeness (QED) is 0.748. The molecule has 0 spiro atoms. The summed E-state index contributed by atoms with van der Waals surface area (Å²) >= 11 is 0. The average Bonchev–Trinajstić information content (AvgIpc) is 3.05. The van der Waals surface area contributed by atoms with Crippen LogP contribution in [0, 0.1) is 0 Å². The molecule has 2 amide bonds. The van der Waals surface area contributed by atoms with Crippen molar-refractivity contribution in [3.05, 3.63) is 53.9 Å². The van der Waals surface area contributed by atoms with E-state index in [4.69, 9.17) is 0 Å². The number of nitrogens with zero attached hydrogens (tertiary/aromatic N) is 4. The predicted molar refractivity (Wildman–Crippen MR) is 104 cm³/mol. The smallest absolute Gasteiger partial charge is 0.321 e. The largest absolute Gasteiger partial charge is 0.323 e. The van der Waals surface area contributed by atoms with E-state index in [1.165, 1.54) is 5.56 Å². The summed E-state index contributed by atoms with van der Waals surface area (Å²) in [5.74, 6) is 0. The van der Waals surface area contributed by atoms with Gasteiger partial charge in [0.1, 0.15) is 0 Å². The van der Waals surface area contributed by atoms with Gasteiger partial charge in [0, 0.05) is 25.0 Å². The first kappa shape index (κ1) is 17.9. The first-order valence-electron chi connectivity index (χ1n) is 8.91. The summed E-state index contributed by atoms with van der Waals surface area (Å²) in [5.41, 5.74) is 3.88. The predicted octanol–water partition coefficient (Wildman–Crippen LogP) is 4.24. The number of benzene rings is 1. The molecule has 3 aromatic rings. The summed E-state index contributed by atoms with van der Waals surface area (Å²) in [4.78, 5) is 18.6. The topological polar surface area (TPSA) is 63.1 Å². The van der Waals surface area contributed by atoms with Gasteiger partial charge in [-0.3, -0.25) is 0 Å². The molecule has 1 N–H and O–H groups in total. The molecule has 3 rings (SSSR count). The lowest BCUT2D eigenvalue weighted by atomic mass is 10.1. The maximum atomic E-state index is 12.5. The van der Waals surface area contributed by atoms with Crippen LogP contribution in [0.5, 0.6) is 0 Å². The number of aryl methyl sites for hydroxylation is 1. The average molecular weight is 351 g/mol. The van der Waals surface area contributed by atoms with Crippen LogP contribution >= 0.6 is 0 Å². The Balaban J connectivity index is 1.67. The molecule has 0 unspecified atom stereocenters. The number of fused-ring (bicyclic) bond motifs is 1. The van der Waals surface area contributed by atoms with Gasteiger partial charge in [-0.1, -0.05) is 31.2 Å². The summed E-state index contributed by atoms with van der Waals surface area (Å²) < 4.78 is 1.87. The molecule has 6 heteroatoms. The Kier molecular flexibility index (Phi) is 5.21. The third-order valence-corrected chi connectivity index (χ3v) is 4.37. The molecule has 0 saturated heterocycles. The molecule has 2 heterocycles. The second-order valence-corrected chi connectivity index (χ2v) is 6.78. The third-order valence-electron chi connectivity index (χ3n) is 4.37. The minimum Gasteiger partial charge on any atom is -0.323 e. The summed E-state index contributed by atoms with van der Waals surface area (Å²) in [6.07, 6.45) is 4.46. The Morgan fingerprint density at radius 2 is 1.88 bits per heavy atom. The van der Waals surface area contributed by atoms with Crippen molar-refractivity contribution >= 4 is 22.8 Å². The Labute approximate surface area is 153 Å². The zero-order valence-electron chi connectivity index (χ0n) is 15.7. The molecule has 6 nitrogen and oxygen atoms in total. The maximum absolute atomic E-state index is 12.5. The molecule has 0 aliphatic rings. The van der Waals surface area contributed by atoms with Crippen LogP contribution in [-0.2, 0) is 13.0 Å². The monoisotopic (exact) mass is 351 g/mol. The number of hydrogen-bond acceptors (Lipinski definition) is 3. The molecule has 0 aliphatic carbocycles. The normalized spacial score (nSPS) is 11.1. The van der Waals surface area contributed by atoms with E-state index < -0.39 is 0 Å². The number of amides is 2. The molecular weight excluding hydrogens is 326 g/mol. The van der Waals surface area contributed by atoms with Gasteiger partial charge >= 0.3 is 6.03 Å². The molecule has 1 aromatic carbocycles. The van der Waals surface area contributed by atoms with E-state index in [9.17, 15) is 4.79 Å². The van der Waals surface area contributed by atoms with Gasteiger partial charge < -0.3 is 10.2 Å². The fourth-order valence-electron chi connectivity index (χ4n) is 2.83. The number of rotatable bonds is 5. The van der Waals surface area contributed by atoms with Crippen molar-refractivity contribution in [3.8, 4) is 0 Å². The van der Waals surface area contributed by atoms with Crippen molar-refractivity contribution in [2.75, 3.05) is 12.4 Å². The maximum Gasteiger partial charge on any atom is 0.321 e. The van der Waals surface area contributed by atoms with E-state index in [0.29, 0.717) is 12.2 Å². The highest BCUT2D eigenvalue weighted by Gasteiger charge is 2.12. The molecular formula is C20H25N5O. The molecule has 2 aromatic heterocycles. The molecule has 0 radical (unpaired) electrons. The first-order valence-corrected chi connectivity index (χ1v) is 8.91. The Bertz CT molecular complexity index is 898. The van der Waals surface area contributed by atoms with Crippen molar-refractivity contribution in [2.45, 2.75) is 39.8 Å². The number of hydrogen-bond donors (Lipinski definition) is 1. The molecule has 0 fully saturated rings. The summed E-state index contributed by atoms with van der Waals surface area (Å²) in [5, 5.41) is 8.17. The molecule has 0 bridgehead atoms. The number of pyridine rings is 1. The number of aromatic nitrogens is 3. The second kappa shape index (κ2) is 7.56. The standard InChI is InChI=1S/C20H25N5O/c1-5-15-6-8-16(9-7-15)13-24(4)20(26)23-18-10-17-11-22-25(14(2)3)19(17)21-12-18/h6-12,14H,5,13H2,1-4H3,(H,23,26). The van der Waals surface area contributed by atoms with Crippen LogP contribution in [0.4, 0.5) is 10.5 Å². The summed E-state index contributed by atoms with van der Waals surface area (Å²) in [6, 6.07) is 10.3. The third kappa shape index (κ3) is 3.85. The molecule has 136 valence electrons. The highest BCUT2D eigenvalue weighted by Crippen LogP contribution is 2.19. The summed E-state index contributed by atoms with van der Waals surface area (Å²) in [7, 11) is 1.78. The van der Waals surface area contributed by atoms with Gasteiger partial charge in [0.25, 0.3) is 0 Å². The number of urea groups is 1. The van der Waals surface area contributed by atoms with E-state index in [2.05, 4.69) is 60.4 Å². The van der Waals surface area contributed by atoms with Gasteiger partial charge in [-0.25, -0.2) is 14.5 Å². The van der Waals surface area contributed by atoms with Gasteiger partial charge in [-0.05, 0) is 37.5 Å². The minimum absolute atomic E-state index is 0.165. The number of nitrogens with one attached hydrogen (secondary N) is 1. The lowest BCUT2D eigenvalue weighted by Gasteiger charge is -2.18. The van der Waals surface area contributed by atoms with E-state index in [-0.39, 0.29) is 12.1 Å². The molecule has 0 aliphatic heterocycles. The second-order valence-electron chi connectivity index (χ2n) is 6.78. The molecule has 0 saturated carbocycles. The first-order chi connectivity index (χ1) is 12.5. The Morgan fingerprint density at radius 1 is 1.19 bits per heavy atom. The van der Waals surface area contributed by atoms with Crippen molar-refractivity contribution in [1.82, 2.24) is 19.7 Å². The SMILES string of the molecule is CCc1ccc(CN(C)C(=O)Nc2cnc3c(cnn3C(C)C)c2)cc1. The van der Waals surface area contributed by atoms with E-state index in [1.807, 2.05) is 10.7 Å². The zero-order valence-corrected chi connectivity index (χ0v) is 15.7. The summed E-state index contributed by atoms with van der Waals surface area (Å²) in [6.45, 7) is 6.80. The van der Waals surface area contributed by atoms with Gasteiger partial charge in [0.05, 0.1) is 18.1 Å². The van der Waals surface area contributed by atoms with Gasteiger partial charge in [-0.15, -0.1) is 0 Å². The van der Waals surface area contributed by atoms with E-state index in [1.54, 1.807) is 24.3 Å². The van der Waals surface area contributed by atoms with Crippen LogP contribution in [0.2, 0.25) is 0 Å². The Hall–Kier alpha value is -2.89. The fraction of sp³-hybridized carbons (Fsp3) is 0.350. The highest BCUT2D eigenvalue weighted by molar-refractivity contribution is 5.91. The van der Waals surface area contributed by atoms with E-state index in [0.717, 1.165) is 23.0 Å². The van der Waals surface area contributed by atoms with E-state index >= 15 is 0 Å². The van der Waals surface area contributed by atoms with Crippen LogP contribution in [0.3, 0.4) is 0 Å². The number of carbonyl (C=O) groups is 1. The number of anilines is 1. The lowest BCUT2D eigenvalue weighted by Crippen LogP contribution is -2.30. The van der Waals surface area contributed by atoms with Crippen molar-refractivity contribution in [3.63, 3.8) is 0 Å². The zero-order chi connectivity index (χ0) is 18.7.